The standard InChI is InChI=1S/C12H12ClFN2O/c1-8-5-16-11(17-8)7-15-6-9-3-2-4-10(13)12(9)14/h2-5,15H,6-7H2,1H3. The van der Waals surface area contributed by atoms with Gasteiger partial charge < -0.3 is 9.73 Å². The molecule has 1 N–H and O–H groups in total. The third-order valence-electron chi connectivity index (χ3n) is 2.29. The van der Waals surface area contributed by atoms with Crippen LogP contribution in [0.25, 0.3) is 0 Å². The van der Waals surface area contributed by atoms with Gasteiger partial charge in [0.15, 0.2) is 0 Å². The van der Waals surface area contributed by atoms with Gasteiger partial charge in [-0.3, -0.25) is 0 Å². The van der Waals surface area contributed by atoms with Crippen molar-refractivity contribution in [3.63, 3.8) is 0 Å². The van der Waals surface area contributed by atoms with Crippen LogP contribution >= 0.6 is 11.6 Å². The lowest BCUT2D eigenvalue weighted by molar-refractivity contribution is 0.447. The van der Waals surface area contributed by atoms with E-state index in [9.17, 15) is 4.39 Å². The molecule has 0 atom stereocenters. The SMILES string of the molecule is Cc1cnc(CNCc2cccc(Cl)c2F)o1. The summed E-state index contributed by atoms with van der Waals surface area (Å²) in [6.45, 7) is 2.67. The fraction of sp³-hybridized carbons (Fsp3) is 0.250. The summed E-state index contributed by atoms with van der Waals surface area (Å²) in [6.07, 6.45) is 1.65. The number of benzene rings is 1. The maximum absolute atomic E-state index is 13.5. The molecule has 1 aromatic carbocycles. The molecule has 5 heteroatoms. The van der Waals surface area contributed by atoms with Crippen molar-refractivity contribution in [2.45, 2.75) is 20.0 Å². The lowest BCUT2D eigenvalue weighted by Gasteiger charge is -2.05. The van der Waals surface area contributed by atoms with E-state index in [1.54, 1.807) is 18.3 Å². The smallest absolute Gasteiger partial charge is 0.208 e. The molecule has 0 aliphatic rings. The highest BCUT2D eigenvalue weighted by atomic mass is 35.5. The average molecular weight is 255 g/mol. The highest BCUT2D eigenvalue weighted by Crippen LogP contribution is 2.17. The lowest BCUT2D eigenvalue weighted by atomic mass is 10.2. The monoisotopic (exact) mass is 254 g/mol. The van der Waals surface area contributed by atoms with Crippen molar-refractivity contribution in [2.75, 3.05) is 0 Å². The Balaban J connectivity index is 1.92. The Labute approximate surface area is 104 Å². The fourth-order valence-corrected chi connectivity index (χ4v) is 1.67. The number of hydrogen-bond acceptors (Lipinski definition) is 3. The Kier molecular flexibility index (Phi) is 3.76. The molecule has 1 heterocycles. The van der Waals surface area contributed by atoms with Crippen molar-refractivity contribution in [3.8, 4) is 0 Å². The van der Waals surface area contributed by atoms with Crippen LogP contribution in [0, 0.1) is 12.7 Å². The summed E-state index contributed by atoms with van der Waals surface area (Å²) in [6, 6.07) is 4.94. The highest BCUT2D eigenvalue weighted by molar-refractivity contribution is 6.30. The molecule has 0 aliphatic heterocycles. The van der Waals surface area contributed by atoms with E-state index in [4.69, 9.17) is 16.0 Å². The van der Waals surface area contributed by atoms with Gasteiger partial charge in [-0.05, 0) is 13.0 Å². The zero-order chi connectivity index (χ0) is 12.3. The molecule has 0 unspecified atom stereocenters. The van der Waals surface area contributed by atoms with E-state index in [2.05, 4.69) is 10.3 Å². The predicted octanol–water partition coefficient (Wildman–Crippen LogP) is 3.07. The van der Waals surface area contributed by atoms with Crippen LogP contribution in [0.5, 0.6) is 0 Å². The zero-order valence-corrected chi connectivity index (χ0v) is 10.1. The molecule has 0 saturated heterocycles. The number of nitrogens with zero attached hydrogens (tertiary/aromatic N) is 1. The van der Waals surface area contributed by atoms with E-state index in [1.165, 1.54) is 6.07 Å². The molecule has 17 heavy (non-hydrogen) atoms. The van der Waals surface area contributed by atoms with Gasteiger partial charge in [-0.25, -0.2) is 9.37 Å². The lowest BCUT2D eigenvalue weighted by Crippen LogP contribution is -2.14. The summed E-state index contributed by atoms with van der Waals surface area (Å²) in [7, 11) is 0. The van der Waals surface area contributed by atoms with Gasteiger partial charge in [0, 0.05) is 12.1 Å². The molecule has 3 nitrogen and oxygen atoms in total. The summed E-state index contributed by atoms with van der Waals surface area (Å²) < 4.78 is 18.8. The van der Waals surface area contributed by atoms with Crippen LogP contribution < -0.4 is 5.32 Å². The van der Waals surface area contributed by atoms with Crippen LogP contribution in [0.4, 0.5) is 4.39 Å². The number of hydrogen-bond donors (Lipinski definition) is 1. The normalized spacial score (nSPS) is 10.8. The van der Waals surface area contributed by atoms with Gasteiger partial charge >= 0.3 is 0 Å². The maximum Gasteiger partial charge on any atom is 0.208 e. The van der Waals surface area contributed by atoms with Crippen molar-refractivity contribution in [1.82, 2.24) is 10.3 Å². The first-order chi connectivity index (χ1) is 8.16. The maximum atomic E-state index is 13.5. The van der Waals surface area contributed by atoms with Crippen molar-refractivity contribution in [2.24, 2.45) is 0 Å². The first kappa shape index (κ1) is 12.1. The van der Waals surface area contributed by atoms with Crippen LogP contribution in [0.1, 0.15) is 17.2 Å². The molecule has 2 rings (SSSR count). The van der Waals surface area contributed by atoms with E-state index in [-0.39, 0.29) is 10.8 Å². The minimum atomic E-state index is -0.384. The number of aryl methyl sites for hydroxylation is 1. The molecule has 90 valence electrons. The van der Waals surface area contributed by atoms with Crippen LogP contribution in [-0.2, 0) is 13.1 Å². The molecule has 0 amide bonds. The second-order valence-electron chi connectivity index (χ2n) is 3.68. The first-order valence-corrected chi connectivity index (χ1v) is 5.59. The van der Waals surface area contributed by atoms with E-state index >= 15 is 0 Å². The zero-order valence-electron chi connectivity index (χ0n) is 9.34. The van der Waals surface area contributed by atoms with Gasteiger partial charge in [-0.15, -0.1) is 0 Å². The molecule has 0 bridgehead atoms. The highest BCUT2D eigenvalue weighted by Gasteiger charge is 2.06. The molecule has 2 aromatic rings. The third kappa shape index (κ3) is 3.05. The van der Waals surface area contributed by atoms with Crippen molar-refractivity contribution < 1.29 is 8.81 Å². The minimum Gasteiger partial charge on any atom is -0.445 e. The first-order valence-electron chi connectivity index (χ1n) is 5.21. The van der Waals surface area contributed by atoms with Gasteiger partial charge in [-0.1, -0.05) is 23.7 Å². The van der Waals surface area contributed by atoms with Crippen LogP contribution in [0.15, 0.2) is 28.8 Å². The van der Waals surface area contributed by atoms with Crippen molar-refractivity contribution >= 4 is 11.6 Å². The molecule has 0 saturated carbocycles. The largest absolute Gasteiger partial charge is 0.445 e. The summed E-state index contributed by atoms with van der Waals surface area (Å²) in [5.74, 6) is 0.964. The van der Waals surface area contributed by atoms with Crippen molar-refractivity contribution in [1.29, 1.82) is 0 Å². The summed E-state index contributed by atoms with van der Waals surface area (Å²) in [4.78, 5) is 4.04. The molecular formula is C12H12ClFN2O. The number of oxazole rings is 1. The van der Waals surface area contributed by atoms with Gasteiger partial charge in [-0.2, -0.15) is 0 Å². The van der Waals surface area contributed by atoms with E-state index in [0.29, 0.717) is 24.5 Å². The number of nitrogens with one attached hydrogen (secondary N) is 1. The fourth-order valence-electron chi connectivity index (χ4n) is 1.47. The number of halogens is 2. The van der Waals surface area contributed by atoms with Gasteiger partial charge in [0.25, 0.3) is 0 Å². The Morgan fingerprint density at radius 2 is 2.24 bits per heavy atom. The van der Waals surface area contributed by atoms with Gasteiger partial charge in [0.05, 0.1) is 17.8 Å². The van der Waals surface area contributed by atoms with Crippen LogP contribution in [-0.4, -0.2) is 4.98 Å². The van der Waals surface area contributed by atoms with E-state index in [1.807, 2.05) is 6.92 Å². The third-order valence-corrected chi connectivity index (χ3v) is 2.58. The topological polar surface area (TPSA) is 38.1 Å². The molecule has 0 radical (unpaired) electrons. The molecule has 0 fully saturated rings. The second-order valence-corrected chi connectivity index (χ2v) is 4.09. The number of aromatic nitrogens is 1. The summed E-state index contributed by atoms with van der Waals surface area (Å²) >= 11 is 5.68. The molecule has 0 spiro atoms. The predicted molar refractivity (Wildman–Crippen MR) is 63.2 cm³/mol. The second kappa shape index (κ2) is 5.29. The number of rotatable bonds is 4. The van der Waals surface area contributed by atoms with Gasteiger partial charge in [0.2, 0.25) is 5.89 Å². The molecular weight excluding hydrogens is 243 g/mol. The Hall–Kier alpha value is -1.39. The van der Waals surface area contributed by atoms with Gasteiger partial charge in [0.1, 0.15) is 11.6 Å². The Morgan fingerprint density at radius 1 is 1.41 bits per heavy atom. The Morgan fingerprint density at radius 3 is 2.94 bits per heavy atom. The summed E-state index contributed by atoms with van der Waals surface area (Å²) in [5.41, 5.74) is 0.528. The van der Waals surface area contributed by atoms with Crippen molar-refractivity contribution in [3.05, 3.63) is 52.5 Å². The molecule has 1 aromatic heterocycles. The summed E-state index contributed by atoms with van der Waals surface area (Å²) in [5, 5.41) is 3.18. The van der Waals surface area contributed by atoms with Crippen LogP contribution in [0.3, 0.4) is 0 Å². The quantitative estimate of drug-likeness (QED) is 0.911. The van der Waals surface area contributed by atoms with E-state index < -0.39 is 0 Å². The van der Waals surface area contributed by atoms with E-state index in [0.717, 1.165) is 5.76 Å². The minimum absolute atomic E-state index is 0.135. The average Bonchev–Trinajstić information content (AvgIpc) is 2.70. The molecule has 0 aliphatic carbocycles. The van der Waals surface area contributed by atoms with Crippen LogP contribution in [0.2, 0.25) is 5.02 Å². The Bertz CT molecular complexity index is 513.